The summed E-state index contributed by atoms with van der Waals surface area (Å²) in [5.74, 6) is -1.53. The molecule has 0 saturated heterocycles. The highest BCUT2D eigenvalue weighted by Gasteiger charge is 2.16. The van der Waals surface area contributed by atoms with Crippen molar-refractivity contribution in [3.63, 3.8) is 0 Å². The van der Waals surface area contributed by atoms with Gasteiger partial charge >= 0.3 is 5.97 Å². The van der Waals surface area contributed by atoms with E-state index in [2.05, 4.69) is 10.3 Å². The van der Waals surface area contributed by atoms with E-state index in [1.807, 2.05) is 24.3 Å². The molecule has 3 rings (SSSR count). The van der Waals surface area contributed by atoms with Crippen molar-refractivity contribution in [2.24, 2.45) is 0 Å². The van der Waals surface area contributed by atoms with Crippen LogP contribution in [-0.2, 0) is 0 Å². The third-order valence-corrected chi connectivity index (χ3v) is 3.53. The molecule has 2 aromatic carbocycles. The minimum absolute atomic E-state index is 0.0161. The normalized spacial score (nSPS) is 10.6. The average Bonchev–Trinajstić information content (AvgIpc) is 2.91. The summed E-state index contributed by atoms with van der Waals surface area (Å²) in [6, 6.07) is 11.6. The van der Waals surface area contributed by atoms with Crippen LogP contribution in [0.1, 0.15) is 20.7 Å². The van der Waals surface area contributed by atoms with Crippen molar-refractivity contribution >= 4 is 40.1 Å². The second kappa shape index (κ2) is 5.54. The van der Waals surface area contributed by atoms with Crippen LogP contribution in [0.15, 0.2) is 48.7 Å². The minimum Gasteiger partial charge on any atom is -0.478 e. The zero-order valence-electron chi connectivity index (χ0n) is 11.3. The maximum absolute atomic E-state index is 12.4. The average molecular weight is 315 g/mol. The van der Waals surface area contributed by atoms with Crippen LogP contribution in [0.4, 0.5) is 5.69 Å². The number of carboxylic acid groups (broad SMARTS) is 1. The number of rotatable bonds is 3. The molecule has 0 bridgehead atoms. The summed E-state index contributed by atoms with van der Waals surface area (Å²) in [5, 5.41) is 12.9. The Kier molecular flexibility index (Phi) is 3.56. The standard InChI is InChI=1S/C16H11ClN2O3/c17-9-5-6-11(16(21)22)14(7-9)19-15(20)12-8-18-13-4-2-1-3-10(12)13/h1-8,18H,(H,19,20)(H,21,22). The number of hydrogen-bond donors (Lipinski definition) is 3. The molecule has 6 heteroatoms. The van der Waals surface area contributed by atoms with Crippen LogP contribution in [0.25, 0.3) is 10.9 Å². The SMILES string of the molecule is O=C(O)c1ccc(Cl)cc1NC(=O)c1c[nH]c2ccccc12. The quantitative estimate of drug-likeness (QED) is 0.688. The Hall–Kier alpha value is -2.79. The molecule has 1 heterocycles. The van der Waals surface area contributed by atoms with E-state index < -0.39 is 11.9 Å². The summed E-state index contributed by atoms with van der Waals surface area (Å²) in [7, 11) is 0. The highest BCUT2D eigenvalue weighted by atomic mass is 35.5. The first kappa shape index (κ1) is 14.2. The first-order valence-electron chi connectivity index (χ1n) is 6.46. The molecular formula is C16H11ClN2O3. The van der Waals surface area contributed by atoms with Gasteiger partial charge in [0.05, 0.1) is 16.8 Å². The van der Waals surface area contributed by atoms with Crippen LogP contribution in [-0.4, -0.2) is 22.0 Å². The third-order valence-electron chi connectivity index (χ3n) is 3.29. The van der Waals surface area contributed by atoms with E-state index in [0.29, 0.717) is 10.6 Å². The number of carbonyl (C=O) groups is 2. The zero-order valence-corrected chi connectivity index (χ0v) is 12.0. The van der Waals surface area contributed by atoms with Crippen molar-refractivity contribution < 1.29 is 14.7 Å². The zero-order chi connectivity index (χ0) is 15.7. The molecule has 1 aromatic heterocycles. The van der Waals surface area contributed by atoms with Crippen molar-refractivity contribution in [3.8, 4) is 0 Å². The fourth-order valence-corrected chi connectivity index (χ4v) is 2.43. The van der Waals surface area contributed by atoms with E-state index in [0.717, 1.165) is 10.9 Å². The smallest absolute Gasteiger partial charge is 0.337 e. The van der Waals surface area contributed by atoms with Crippen LogP contribution in [0.5, 0.6) is 0 Å². The number of halogens is 1. The van der Waals surface area contributed by atoms with Crippen LogP contribution in [0.2, 0.25) is 5.02 Å². The topological polar surface area (TPSA) is 82.2 Å². The summed E-state index contributed by atoms with van der Waals surface area (Å²) < 4.78 is 0. The lowest BCUT2D eigenvalue weighted by molar-refractivity contribution is 0.0698. The minimum atomic E-state index is -1.13. The molecule has 3 aromatic rings. The lowest BCUT2D eigenvalue weighted by Crippen LogP contribution is -2.14. The molecule has 5 nitrogen and oxygen atoms in total. The number of aromatic nitrogens is 1. The second-order valence-electron chi connectivity index (χ2n) is 4.70. The van der Waals surface area contributed by atoms with E-state index in [4.69, 9.17) is 11.6 Å². The fraction of sp³-hybridized carbons (Fsp3) is 0. The summed E-state index contributed by atoms with van der Waals surface area (Å²) in [5.41, 5.74) is 1.41. The van der Waals surface area contributed by atoms with Gasteiger partial charge in [-0.25, -0.2) is 4.79 Å². The van der Waals surface area contributed by atoms with Gasteiger partial charge < -0.3 is 15.4 Å². The van der Waals surface area contributed by atoms with E-state index in [1.165, 1.54) is 18.2 Å². The number of carboxylic acids is 1. The van der Waals surface area contributed by atoms with Crippen molar-refractivity contribution in [1.29, 1.82) is 0 Å². The van der Waals surface area contributed by atoms with Gasteiger partial charge in [-0.2, -0.15) is 0 Å². The Balaban J connectivity index is 1.98. The number of anilines is 1. The van der Waals surface area contributed by atoms with Gasteiger partial charge in [0.15, 0.2) is 0 Å². The van der Waals surface area contributed by atoms with E-state index in [-0.39, 0.29) is 11.3 Å². The number of hydrogen-bond acceptors (Lipinski definition) is 2. The number of carbonyl (C=O) groups excluding carboxylic acids is 1. The van der Waals surface area contributed by atoms with Gasteiger partial charge in [0.25, 0.3) is 5.91 Å². The molecule has 0 atom stereocenters. The van der Waals surface area contributed by atoms with Crippen molar-refractivity contribution in [2.75, 3.05) is 5.32 Å². The molecule has 0 radical (unpaired) electrons. The molecular weight excluding hydrogens is 304 g/mol. The summed E-state index contributed by atoms with van der Waals surface area (Å²) in [6.45, 7) is 0. The molecule has 22 heavy (non-hydrogen) atoms. The molecule has 0 aliphatic carbocycles. The Morgan fingerprint density at radius 3 is 2.64 bits per heavy atom. The number of fused-ring (bicyclic) bond motifs is 1. The van der Waals surface area contributed by atoms with Crippen molar-refractivity contribution in [3.05, 3.63) is 64.8 Å². The highest BCUT2D eigenvalue weighted by Crippen LogP contribution is 2.24. The number of benzene rings is 2. The lowest BCUT2D eigenvalue weighted by atomic mass is 10.1. The van der Waals surface area contributed by atoms with Crippen molar-refractivity contribution in [1.82, 2.24) is 4.98 Å². The Morgan fingerprint density at radius 1 is 1.09 bits per heavy atom. The molecule has 0 saturated carbocycles. The monoisotopic (exact) mass is 314 g/mol. The van der Waals surface area contributed by atoms with Crippen LogP contribution >= 0.6 is 11.6 Å². The predicted octanol–water partition coefficient (Wildman–Crippen LogP) is 3.77. The number of H-pyrrole nitrogens is 1. The van der Waals surface area contributed by atoms with E-state index >= 15 is 0 Å². The summed E-state index contributed by atoms with van der Waals surface area (Å²) in [4.78, 5) is 26.6. The predicted molar refractivity (Wildman–Crippen MR) is 84.7 cm³/mol. The van der Waals surface area contributed by atoms with Gasteiger partial charge in [0.1, 0.15) is 0 Å². The number of nitrogens with one attached hydrogen (secondary N) is 2. The number of aromatic amines is 1. The Bertz CT molecular complexity index is 886. The van der Waals surface area contributed by atoms with Gasteiger partial charge in [-0.3, -0.25) is 4.79 Å². The maximum Gasteiger partial charge on any atom is 0.337 e. The molecule has 3 N–H and O–H groups in total. The largest absolute Gasteiger partial charge is 0.478 e. The fourth-order valence-electron chi connectivity index (χ4n) is 2.26. The maximum atomic E-state index is 12.4. The van der Waals surface area contributed by atoms with Crippen LogP contribution in [0.3, 0.4) is 0 Å². The molecule has 0 spiro atoms. The molecule has 110 valence electrons. The van der Waals surface area contributed by atoms with Crippen molar-refractivity contribution in [2.45, 2.75) is 0 Å². The number of aromatic carboxylic acids is 1. The van der Waals surface area contributed by atoms with E-state index in [9.17, 15) is 14.7 Å². The molecule has 1 amide bonds. The van der Waals surface area contributed by atoms with Gasteiger partial charge in [-0.15, -0.1) is 0 Å². The second-order valence-corrected chi connectivity index (χ2v) is 5.13. The van der Waals surface area contributed by atoms with Crippen LogP contribution < -0.4 is 5.32 Å². The van der Waals surface area contributed by atoms with Gasteiger partial charge in [0, 0.05) is 22.1 Å². The molecule has 0 unspecified atom stereocenters. The van der Waals surface area contributed by atoms with Gasteiger partial charge in [0.2, 0.25) is 0 Å². The van der Waals surface area contributed by atoms with Gasteiger partial charge in [-0.05, 0) is 24.3 Å². The molecule has 0 aliphatic heterocycles. The Morgan fingerprint density at radius 2 is 1.86 bits per heavy atom. The summed E-state index contributed by atoms with van der Waals surface area (Å²) in [6.07, 6.45) is 1.59. The van der Waals surface area contributed by atoms with E-state index in [1.54, 1.807) is 6.20 Å². The van der Waals surface area contributed by atoms with Gasteiger partial charge in [-0.1, -0.05) is 29.8 Å². The number of amides is 1. The highest BCUT2D eigenvalue weighted by molar-refractivity contribution is 6.31. The third kappa shape index (κ3) is 2.54. The first-order chi connectivity index (χ1) is 10.6. The molecule has 0 aliphatic rings. The Labute approximate surface area is 130 Å². The summed E-state index contributed by atoms with van der Waals surface area (Å²) >= 11 is 5.87. The number of para-hydroxylation sites is 1. The molecule has 0 fully saturated rings. The first-order valence-corrected chi connectivity index (χ1v) is 6.84. The lowest BCUT2D eigenvalue weighted by Gasteiger charge is -2.08. The van der Waals surface area contributed by atoms with Crippen LogP contribution in [0, 0.1) is 0 Å².